The lowest BCUT2D eigenvalue weighted by Crippen LogP contribution is -2.18. The van der Waals surface area contributed by atoms with Crippen LogP contribution < -0.4 is 10.0 Å². The first-order valence-corrected chi connectivity index (χ1v) is 8.29. The summed E-state index contributed by atoms with van der Waals surface area (Å²) >= 11 is 3.12. The Morgan fingerprint density at radius 2 is 2.14 bits per heavy atom. The lowest BCUT2D eigenvalue weighted by atomic mass is 10.3. The van der Waals surface area contributed by atoms with Crippen LogP contribution in [0.25, 0.3) is 0 Å². The number of sulfonamides is 1. The second-order valence-corrected chi connectivity index (χ2v) is 6.92. The number of nitrogens with one attached hydrogen (secondary N) is 3. The first-order chi connectivity index (χ1) is 9.85. The van der Waals surface area contributed by atoms with Gasteiger partial charge in [-0.2, -0.15) is 5.10 Å². The zero-order valence-electron chi connectivity index (χ0n) is 11.4. The molecule has 21 heavy (non-hydrogen) atoms. The van der Waals surface area contributed by atoms with Crippen LogP contribution in [-0.2, 0) is 16.6 Å². The molecule has 0 bridgehead atoms. The Kier molecular flexibility index (Phi) is 4.64. The topological polar surface area (TPSA) is 86.9 Å². The molecule has 0 aliphatic carbocycles. The van der Waals surface area contributed by atoms with Crippen LogP contribution in [0.1, 0.15) is 11.4 Å². The van der Waals surface area contributed by atoms with E-state index in [1.54, 1.807) is 20.0 Å². The first-order valence-electron chi connectivity index (χ1n) is 6.01. The molecule has 1 aromatic heterocycles. The summed E-state index contributed by atoms with van der Waals surface area (Å²) in [5.41, 5.74) is 0.625. The van der Waals surface area contributed by atoms with Gasteiger partial charge in [0, 0.05) is 11.0 Å². The van der Waals surface area contributed by atoms with Crippen LogP contribution in [0.2, 0.25) is 0 Å². The van der Waals surface area contributed by atoms with Crippen molar-refractivity contribution in [2.24, 2.45) is 0 Å². The van der Waals surface area contributed by atoms with Crippen molar-refractivity contribution in [1.29, 1.82) is 0 Å². The van der Waals surface area contributed by atoms with E-state index in [4.69, 9.17) is 0 Å². The standard InChI is InChI=1S/C12H14BrFN4O2S/c1-7-12(11(6-15-2)17-16-7)21(19,20)18-10-4-3-8(13)5-9(10)14/h3-5,15,18H,6H2,1-2H3,(H,16,17). The van der Waals surface area contributed by atoms with Crippen molar-refractivity contribution in [3.05, 3.63) is 39.9 Å². The summed E-state index contributed by atoms with van der Waals surface area (Å²) in [6.07, 6.45) is 0. The third-order valence-electron chi connectivity index (χ3n) is 2.75. The van der Waals surface area contributed by atoms with Crippen molar-refractivity contribution in [1.82, 2.24) is 15.5 Å². The van der Waals surface area contributed by atoms with Gasteiger partial charge in [-0.1, -0.05) is 15.9 Å². The molecule has 0 amide bonds. The minimum Gasteiger partial charge on any atom is -0.314 e. The molecule has 6 nitrogen and oxygen atoms in total. The van der Waals surface area contributed by atoms with Gasteiger partial charge in [-0.15, -0.1) is 0 Å². The Hall–Kier alpha value is -1.45. The summed E-state index contributed by atoms with van der Waals surface area (Å²) in [6, 6.07) is 4.09. The molecule has 1 heterocycles. The van der Waals surface area contributed by atoms with E-state index in [0.29, 0.717) is 15.9 Å². The smallest absolute Gasteiger partial charge is 0.265 e. The summed E-state index contributed by atoms with van der Waals surface area (Å²) in [5, 5.41) is 9.41. The zero-order valence-corrected chi connectivity index (χ0v) is 13.8. The number of anilines is 1. The Morgan fingerprint density at radius 3 is 2.76 bits per heavy atom. The van der Waals surface area contributed by atoms with Crippen LogP contribution in [0.4, 0.5) is 10.1 Å². The molecule has 0 atom stereocenters. The number of benzene rings is 1. The molecule has 0 saturated heterocycles. The molecule has 3 N–H and O–H groups in total. The van der Waals surface area contributed by atoms with E-state index >= 15 is 0 Å². The van der Waals surface area contributed by atoms with Gasteiger partial charge in [-0.3, -0.25) is 9.82 Å². The molecule has 1 aromatic carbocycles. The van der Waals surface area contributed by atoms with E-state index in [9.17, 15) is 12.8 Å². The van der Waals surface area contributed by atoms with Crippen molar-refractivity contribution in [2.45, 2.75) is 18.4 Å². The highest BCUT2D eigenvalue weighted by Gasteiger charge is 2.25. The van der Waals surface area contributed by atoms with E-state index in [1.807, 2.05) is 0 Å². The molecule has 0 spiro atoms. The van der Waals surface area contributed by atoms with Crippen LogP contribution in [0.5, 0.6) is 0 Å². The molecule has 9 heteroatoms. The Bertz CT molecular complexity index is 761. The summed E-state index contributed by atoms with van der Waals surface area (Å²) in [7, 11) is -2.25. The van der Waals surface area contributed by atoms with E-state index < -0.39 is 15.8 Å². The van der Waals surface area contributed by atoms with Gasteiger partial charge in [-0.05, 0) is 32.2 Å². The quantitative estimate of drug-likeness (QED) is 0.745. The Balaban J connectivity index is 2.41. The molecule has 114 valence electrons. The normalized spacial score (nSPS) is 11.6. The average molecular weight is 377 g/mol. The fraction of sp³-hybridized carbons (Fsp3) is 0.250. The second-order valence-electron chi connectivity index (χ2n) is 4.38. The third kappa shape index (κ3) is 3.42. The predicted octanol–water partition coefficient (Wildman–Crippen LogP) is 2.14. The van der Waals surface area contributed by atoms with Crippen molar-refractivity contribution in [3.63, 3.8) is 0 Å². The number of hydrogen-bond acceptors (Lipinski definition) is 4. The fourth-order valence-electron chi connectivity index (χ4n) is 1.88. The highest BCUT2D eigenvalue weighted by molar-refractivity contribution is 9.10. The molecule has 2 rings (SSSR count). The maximum Gasteiger partial charge on any atom is 0.265 e. The van der Waals surface area contributed by atoms with Crippen molar-refractivity contribution in [2.75, 3.05) is 11.8 Å². The first kappa shape index (κ1) is 15.9. The summed E-state index contributed by atoms with van der Waals surface area (Å²) < 4.78 is 41.4. The predicted molar refractivity (Wildman–Crippen MR) is 81.0 cm³/mol. The molecule has 0 radical (unpaired) electrons. The molecule has 0 unspecified atom stereocenters. The average Bonchev–Trinajstić information content (AvgIpc) is 2.75. The van der Waals surface area contributed by atoms with Gasteiger partial charge in [0.15, 0.2) is 0 Å². The Labute approximate surface area is 130 Å². The molecule has 0 aliphatic rings. The number of rotatable bonds is 5. The third-order valence-corrected chi connectivity index (χ3v) is 4.81. The number of nitrogens with zero attached hydrogens (tertiary/aromatic N) is 1. The highest BCUT2D eigenvalue weighted by Crippen LogP contribution is 2.24. The van der Waals surface area contributed by atoms with E-state index in [0.717, 1.165) is 0 Å². The molecule has 0 fully saturated rings. The molecular weight excluding hydrogens is 363 g/mol. The Morgan fingerprint density at radius 1 is 1.43 bits per heavy atom. The zero-order chi connectivity index (χ0) is 15.6. The van der Waals surface area contributed by atoms with Crippen LogP contribution >= 0.6 is 15.9 Å². The van der Waals surface area contributed by atoms with Crippen LogP contribution in [0.3, 0.4) is 0 Å². The number of aromatic nitrogens is 2. The monoisotopic (exact) mass is 376 g/mol. The summed E-state index contributed by atoms with van der Waals surface area (Å²) in [6.45, 7) is 1.88. The van der Waals surface area contributed by atoms with E-state index in [-0.39, 0.29) is 17.1 Å². The van der Waals surface area contributed by atoms with Gasteiger partial charge in [0.05, 0.1) is 17.1 Å². The van der Waals surface area contributed by atoms with Gasteiger partial charge in [0.2, 0.25) is 0 Å². The summed E-state index contributed by atoms with van der Waals surface area (Å²) in [4.78, 5) is 0.0270. The minimum atomic E-state index is -3.93. The van der Waals surface area contributed by atoms with Crippen LogP contribution in [-0.4, -0.2) is 25.7 Å². The van der Waals surface area contributed by atoms with Crippen molar-refractivity contribution >= 4 is 31.6 Å². The number of hydrogen-bond donors (Lipinski definition) is 3. The van der Waals surface area contributed by atoms with Crippen molar-refractivity contribution < 1.29 is 12.8 Å². The SMILES string of the molecule is CNCc1n[nH]c(C)c1S(=O)(=O)Nc1ccc(Br)cc1F. The number of halogens is 2. The molecule has 2 aromatic rings. The van der Waals surface area contributed by atoms with Gasteiger partial charge in [0.1, 0.15) is 10.7 Å². The van der Waals surface area contributed by atoms with E-state index in [1.165, 1.54) is 12.1 Å². The minimum absolute atomic E-state index is 0.0270. The van der Waals surface area contributed by atoms with Crippen LogP contribution in [0, 0.1) is 12.7 Å². The van der Waals surface area contributed by atoms with Gasteiger partial charge >= 0.3 is 0 Å². The number of aromatic amines is 1. The summed E-state index contributed by atoms with van der Waals surface area (Å²) in [5.74, 6) is -0.663. The lowest BCUT2D eigenvalue weighted by molar-refractivity contribution is 0.596. The van der Waals surface area contributed by atoms with Crippen LogP contribution in [0.15, 0.2) is 27.6 Å². The maximum atomic E-state index is 13.8. The number of H-pyrrole nitrogens is 1. The maximum absolute atomic E-state index is 13.8. The second kappa shape index (κ2) is 6.12. The van der Waals surface area contributed by atoms with Gasteiger partial charge < -0.3 is 5.32 Å². The van der Waals surface area contributed by atoms with E-state index in [2.05, 4.69) is 36.2 Å². The fourth-order valence-corrected chi connectivity index (χ4v) is 3.65. The largest absolute Gasteiger partial charge is 0.314 e. The van der Waals surface area contributed by atoms with Gasteiger partial charge in [-0.25, -0.2) is 12.8 Å². The molecule has 0 saturated carbocycles. The van der Waals surface area contributed by atoms with Crippen molar-refractivity contribution in [3.8, 4) is 0 Å². The number of aryl methyl sites for hydroxylation is 1. The molecular formula is C12H14BrFN4O2S. The van der Waals surface area contributed by atoms with Gasteiger partial charge in [0.25, 0.3) is 10.0 Å². The highest BCUT2D eigenvalue weighted by atomic mass is 79.9. The molecule has 0 aliphatic heterocycles. The lowest BCUT2D eigenvalue weighted by Gasteiger charge is -2.10.